The molecule has 0 radical (unpaired) electrons. The highest BCUT2D eigenvalue weighted by molar-refractivity contribution is 6.02. The van der Waals surface area contributed by atoms with E-state index in [0.717, 1.165) is 18.4 Å². The summed E-state index contributed by atoms with van der Waals surface area (Å²) in [6.45, 7) is 8.20. The number of carbonyl (C=O) groups excluding carboxylic acids is 1. The summed E-state index contributed by atoms with van der Waals surface area (Å²) < 4.78 is 6.43. The van der Waals surface area contributed by atoms with Gasteiger partial charge in [0.2, 0.25) is 0 Å². The predicted molar refractivity (Wildman–Crippen MR) is 150 cm³/mol. The normalized spacial score (nSPS) is 21.2. The van der Waals surface area contributed by atoms with Gasteiger partial charge in [-0.3, -0.25) is 4.79 Å². The van der Waals surface area contributed by atoms with E-state index in [1.165, 1.54) is 22.1 Å². The highest BCUT2D eigenvalue weighted by atomic mass is 16.5. The van der Waals surface area contributed by atoms with Crippen LogP contribution in [0.2, 0.25) is 0 Å². The molecular weight excluding hydrogens is 494 g/mol. The van der Waals surface area contributed by atoms with Crippen molar-refractivity contribution in [1.82, 2.24) is 4.90 Å². The summed E-state index contributed by atoms with van der Waals surface area (Å²) in [6.07, 6.45) is 7.15. The number of hydrogen-bond acceptors (Lipinski definition) is 5. The van der Waals surface area contributed by atoms with Crippen LogP contribution in [0.15, 0.2) is 59.7 Å². The van der Waals surface area contributed by atoms with Crippen LogP contribution < -0.4 is 4.74 Å². The third-order valence-electron chi connectivity index (χ3n) is 7.88. The van der Waals surface area contributed by atoms with Gasteiger partial charge in [-0.05, 0) is 65.0 Å². The number of aliphatic hydroxyl groups excluding tert-OH is 1. The minimum absolute atomic E-state index is 0.0656. The Balaban J connectivity index is 1.56. The van der Waals surface area contributed by atoms with Crippen LogP contribution in [0.5, 0.6) is 11.5 Å². The molecule has 2 aromatic rings. The molecule has 3 N–H and O–H groups in total. The predicted octanol–water partition coefficient (Wildman–Crippen LogP) is 5.57. The highest BCUT2D eigenvalue weighted by Gasteiger charge is 2.45. The molecule has 208 valence electrons. The third-order valence-corrected chi connectivity index (χ3v) is 7.88. The topological polar surface area (TPSA) is 107 Å². The lowest BCUT2D eigenvalue weighted by Gasteiger charge is -2.41. The van der Waals surface area contributed by atoms with Gasteiger partial charge in [0.15, 0.2) is 0 Å². The second-order valence-corrected chi connectivity index (χ2v) is 11.3. The van der Waals surface area contributed by atoms with Gasteiger partial charge in [-0.25, -0.2) is 4.79 Å². The number of hydrogen-bond donors (Lipinski definition) is 3. The van der Waals surface area contributed by atoms with E-state index in [4.69, 9.17) is 4.74 Å². The SMILES string of the molecule is CC(C)=CCCC(C)=CCCC1(C)Oc2c(c(O)cc3c2CN(C(Cc2ccccc2)C(=O)O)C3=O)CC1O. The Morgan fingerprint density at radius 3 is 2.54 bits per heavy atom. The van der Waals surface area contributed by atoms with Crippen LogP contribution in [0.25, 0.3) is 0 Å². The van der Waals surface area contributed by atoms with Crippen molar-refractivity contribution >= 4 is 11.9 Å². The zero-order valence-electron chi connectivity index (χ0n) is 23.2. The molecule has 0 bridgehead atoms. The number of aromatic hydroxyl groups is 1. The monoisotopic (exact) mass is 533 g/mol. The molecule has 0 saturated heterocycles. The Labute approximate surface area is 230 Å². The molecule has 3 atom stereocenters. The summed E-state index contributed by atoms with van der Waals surface area (Å²) in [6, 6.07) is 9.53. The first-order chi connectivity index (χ1) is 18.5. The summed E-state index contributed by atoms with van der Waals surface area (Å²) in [7, 11) is 0. The standard InChI is InChI=1S/C32H39NO6/c1-20(2)10-8-11-21(3)12-9-15-32(4)28(35)18-24-27(34)17-23-25(29(24)39-32)19-33(30(23)36)26(31(37)38)16-22-13-6-5-7-14-22/h5-7,10,12-14,17,26,28,34-35H,8-9,11,15-16,18-19H2,1-4H3,(H,37,38). The van der Waals surface area contributed by atoms with Crippen molar-refractivity contribution in [3.8, 4) is 11.5 Å². The van der Waals surface area contributed by atoms with E-state index in [1.54, 1.807) is 0 Å². The number of fused-ring (bicyclic) bond motifs is 3. The van der Waals surface area contributed by atoms with Crippen LogP contribution >= 0.6 is 0 Å². The Kier molecular flexibility index (Phi) is 8.50. The van der Waals surface area contributed by atoms with Gasteiger partial charge in [0.05, 0.1) is 18.2 Å². The molecule has 1 amide bonds. The van der Waals surface area contributed by atoms with E-state index in [9.17, 15) is 24.9 Å². The first-order valence-electron chi connectivity index (χ1n) is 13.6. The number of phenolic OH excluding ortho intramolecular Hbond substituents is 1. The second-order valence-electron chi connectivity index (χ2n) is 11.3. The smallest absolute Gasteiger partial charge is 0.326 e. The molecule has 2 aliphatic rings. The van der Waals surface area contributed by atoms with Gasteiger partial charge in [0.1, 0.15) is 23.1 Å². The second kappa shape index (κ2) is 11.7. The lowest BCUT2D eigenvalue weighted by atomic mass is 9.84. The molecule has 0 aliphatic carbocycles. The number of nitrogens with zero attached hydrogens (tertiary/aromatic N) is 1. The molecule has 39 heavy (non-hydrogen) atoms. The molecule has 2 aromatic carbocycles. The summed E-state index contributed by atoms with van der Waals surface area (Å²) in [5, 5.41) is 31.8. The van der Waals surface area contributed by atoms with Gasteiger partial charge in [-0.1, -0.05) is 53.6 Å². The van der Waals surface area contributed by atoms with E-state index in [1.807, 2.05) is 37.3 Å². The van der Waals surface area contributed by atoms with E-state index >= 15 is 0 Å². The number of carboxylic acid groups (broad SMARTS) is 1. The number of ether oxygens (including phenoxy) is 1. The number of rotatable bonds is 10. The number of allylic oxidation sites excluding steroid dienone is 4. The van der Waals surface area contributed by atoms with Gasteiger partial charge in [-0.2, -0.15) is 0 Å². The lowest BCUT2D eigenvalue weighted by molar-refractivity contribution is -0.142. The largest absolute Gasteiger partial charge is 0.508 e. The number of aliphatic hydroxyl groups is 1. The van der Waals surface area contributed by atoms with Gasteiger partial charge in [0, 0.05) is 24.0 Å². The fourth-order valence-corrected chi connectivity index (χ4v) is 5.44. The maximum Gasteiger partial charge on any atom is 0.326 e. The summed E-state index contributed by atoms with van der Waals surface area (Å²) in [5.41, 5.74) is 3.75. The Morgan fingerprint density at radius 2 is 1.87 bits per heavy atom. The van der Waals surface area contributed by atoms with Gasteiger partial charge >= 0.3 is 5.97 Å². The van der Waals surface area contributed by atoms with Crippen molar-refractivity contribution in [2.75, 3.05) is 0 Å². The molecule has 0 saturated carbocycles. The molecule has 0 fully saturated rings. The first kappa shape index (κ1) is 28.4. The third kappa shape index (κ3) is 6.19. The minimum atomic E-state index is -1.09. The van der Waals surface area contributed by atoms with E-state index in [0.29, 0.717) is 29.7 Å². The van der Waals surface area contributed by atoms with Crippen LogP contribution in [-0.2, 0) is 24.2 Å². The van der Waals surface area contributed by atoms with Gasteiger partial charge in [0.25, 0.3) is 5.91 Å². The van der Waals surface area contributed by atoms with E-state index < -0.39 is 29.6 Å². The molecule has 3 unspecified atom stereocenters. The number of aliphatic carboxylic acids is 1. The zero-order valence-corrected chi connectivity index (χ0v) is 23.2. The molecule has 2 aliphatic heterocycles. The quantitative estimate of drug-likeness (QED) is 0.345. The number of carbonyl (C=O) groups is 2. The fourth-order valence-electron chi connectivity index (χ4n) is 5.44. The average molecular weight is 534 g/mol. The molecule has 0 spiro atoms. The molecular formula is C32H39NO6. The van der Waals surface area contributed by atoms with Crippen molar-refractivity contribution in [3.63, 3.8) is 0 Å². The fraction of sp³-hybridized carbons (Fsp3) is 0.438. The first-order valence-corrected chi connectivity index (χ1v) is 13.6. The molecule has 4 rings (SSSR count). The lowest BCUT2D eigenvalue weighted by Crippen LogP contribution is -2.49. The van der Waals surface area contributed by atoms with Crippen LogP contribution in [0, 0.1) is 0 Å². The number of carboxylic acids is 1. The number of phenols is 1. The molecule has 0 aromatic heterocycles. The van der Waals surface area contributed by atoms with Crippen LogP contribution in [0.3, 0.4) is 0 Å². The van der Waals surface area contributed by atoms with Crippen molar-refractivity contribution in [2.24, 2.45) is 0 Å². The molecule has 7 heteroatoms. The van der Waals surface area contributed by atoms with E-state index in [2.05, 4.69) is 32.9 Å². The molecule has 2 heterocycles. The maximum absolute atomic E-state index is 13.4. The molecule has 7 nitrogen and oxygen atoms in total. The van der Waals surface area contributed by atoms with Crippen LogP contribution in [-0.4, -0.2) is 49.8 Å². The summed E-state index contributed by atoms with van der Waals surface area (Å²) in [5.74, 6) is -1.27. The highest BCUT2D eigenvalue weighted by Crippen LogP contribution is 2.46. The Bertz CT molecular complexity index is 1290. The van der Waals surface area contributed by atoms with Gasteiger partial charge < -0.3 is 25.0 Å². The summed E-state index contributed by atoms with van der Waals surface area (Å²) in [4.78, 5) is 27.0. The van der Waals surface area contributed by atoms with Crippen molar-refractivity contribution in [1.29, 1.82) is 0 Å². The van der Waals surface area contributed by atoms with Crippen molar-refractivity contribution < 1.29 is 29.6 Å². The van der Waals surface area contributed by atoms with Crippen LogP contribution in [0.1, 0.15) is 80.4 Å². The summed E-state index contributed by atoms with van der Waals surface area (Å²) >= 11 is 0. The van der Waals surface area contributed by atoms with Crippen LogP contribution in [0.4, 0.5) is 0 Å². The minimum Gasteiger partial charge on any atom is -0.508 e. The van der Waals surface area contributed by atoms with Gasteiger partial charge in [-0.15, -0.1) is 0 Å². The zero-order chi connectivity index (χ0) is 28.3. The number of amides is 1. The Morgan fingerprint density at radius 1 is 1.15 bits per heavy atom. The average Bonchev–Trinajstić information content (AvgIpc) is 3.20. The number of benzene rings is 2. The van der Waals surface area contributed by atoms with Crippen molar-refractivity contribution in [2.45, 2.75) is 90.5 Å². The Hall–Kier alpha value is -3.58. The maximum atomic E-state index is 13.4. The van der Waals surface area contributed by atoms with Crippen molar-refractivity contribution in [3.05, 3.63) is 82.0 Å². The van der Waals surface area contributed by atoms with E-state index in [-0.39, 0.29) is 30.7 Å².